The monoisotopic (exact) mass is 1330 g/mol. The highest BCUT2D eigenvalue weighted by Crippen LogP contribution is 2.43. The summed E-state index contributed by atoms with van der Waals surface area (Å²) in [5.41, 5.74) is 0. The third-order valence-corrected chi connectivity index (χ3v) is 18.0. The van der Waals surface area contributed by atoms with Crippen LogP contribution in [-0.4, -0.2) is 74.9 Å². The first-order valence-corrected chi connectivity index (χ1v) is 40.8. The molecule has 0 amide bonds. The van der Waals surface area contributed by atoms with Gasteiger partial charge >= 0.3 is 19.8 Å². The van der Waals surface area contributed by atoms with Crippen LogP contribution in [0.2, 0.25) is 0 Å². The van der Waals surface area contributed by atoms with E-state index in [0.717, 1.165) is 103 Å². The zero-order valence-electron chi connectivity index (χ0n) is 61.9. The average Bonchev–Trinajstić information content (AvgIpc) is 1.66. The van der Waals surface area contributed by atoms with E-state index in [9.17, 15) is 19.0 Å². The Morgan fingerprint density at radius 3 is 0.904 bits per heavy atom. The number of phosphoric acid groups is 1. The number of carbonyl (C=O) groups excluding carboxylic acids is 2. The number of esters is 2. The van der Waals surface area contributed by atoms with E-state index in [-0.39, 0.29) is 32.0 Å². The molecule has 0 aliphatic heterocycles. The first kappa shape index (κ1) is 90.4. The Morgan fingerprint density at radius 1 is 0.340 bits per heavy atom. The van der Waals surface area contributed by atoms with Crippen molar-refractivity contribution in [2.75, 3.05) is 47.5 Å². The minimum atomic E-state index is -4.40. The summed E-state index contributed by atoms with van der Waals surface area (Å²) in [4.78, 5) is 36.0. The lowest BCUT2D eigenvalue weighted by molar-refractivity contribution is -0.870. The molecule has 0 aromatic carbocycles. The summed E-state index contributed by atoms with van der Waals surface area (Å²) in [7, 11) is 1.47. The second-order valence-electron chi connectivity index (χ2n) is 27.4. The number of hydrogen-bond acceptors (Lipinski definition) is 7. The molecule has 542 valence electrons. The molecule has 0 heterocycles. The number of nitrogens with zero attached hydrogens (tertiary/aromatic N) is 1. The number of likely N-dealkylation sites (N-methyl/N-ethyl adjacent to an activating group) is 1. The Morgan fingerprint density at radius 2 is 0.606 bits per heavy atom. The van der Waals surface area contributed by atoms with E-state index in [1.807, 2.05) is 21.1 Å². The molecule has 94 heavy (non-hydrogen) atoms. The predicted molar refractivity (Wildman–Crippen MR) is 408 cm³/mol. The molecule has 0 saturated carbocycles. The van der Waals surface area contributed by atoms with E-state index in [2.05, 4.69) is 135 Å². The molecule has 0 fully saturated rings. The molecule has 1 N–H and O–H groups in total. The van der Waals surface area contributed by atoms with Gasteiger partial charge in [-0.05, 0) is 109 Å². The summed E-state index contributed by atoms with van der Waals surface area (Å²) in [5.74, 6) is -0.797. The second-order valence-corrected chi connectivity index (χ2v) is 28.8. The van der Waals surface area contributed by atoms with Crippen LogP contribution in [0.5, 0.6) is 0 Å². The van der Waals surface area contributed by atoms with Gasteiger partial charge in [0.25, 0.3) is 0 Å². The summed E-state index contributed by atoms with van der Waals surface area (Å²) < 4.78 is 34.8. The molecule has 10 heteroatoms. The van der Waals surface area contributed by atoms with Gasteiger partial charge < -0.3 is 18.9 Å². The minimum absolute atomic E-state index is 0.0268. The molecule has 0 aromatic heterocycles. The van der Waals surface area contributed by atoms with Crippen LogP contribution in [0.1, 0.15) is 348 Å². The average molecular weight is 1330 g/mol. The van der Waals surface area contributed by atoms with Crippen molar-refractivity contribution in [3.8, 4) is 0 Å². The Kier molecular flexibility index (Phi) is 70.8. The number of unbranched alkanes of at least 4 members (excludes halogenated alkanes) is 38. The summed E-state index contributed by atoms with van der Waals surface area (Å²) >= 11 is 0. The van der Waals surface area contributed by atoms with Crippen molar-refractivity contribution in [2.45, 2.75) is 354 Å². The molecule has 0 aliphatic carbocycles. The van der Waals surface area contributed by atoms with Crippen molar-refractivity contribution in [1.82, 2.24) is 0 Å². The molecule has 0 radical (unpaired) electrons. The lowest BCUT2D eigenvalue weighted by atomic mass is 10.0. The Bertz CT molecular complexity index is 2010. The highest BCUT2D eigenvalue weighted by atomic mass is 31.2. The maximum absolute atomic E-state index is 12.9. The number of rotatable bonds is 72. The van der Waals surface area contributed by atoms with Crippen LogP contribution in [0.25, 0.3) is 0 Å². The Labute approximate surface area is 581 Å². The molecule has 0 bridgehead atoms. The minimum Gasteiger partial charge on any atom is -0.462 e. The van der Waals surface area contributed by atoms with E-state index in [0.29, 0.717) is 17.4 Å². The van der Waals surface area contributed by atoms with Crippen molar-refractivity contribution in [2.24, 2.45) is 0 Å². The smallest absolute Gasteiger partial charge is 0.462 e. The highest BCUT2D eigenvalue weighted by molar-refractivity contribution is 7.47. The fourth-order valence-corrected chi connectivity index (χ4v) is 11.7. The van der Waals surface area contributed by atoms with Gasteiger partial charge in [-0.2, -0.15) is 0 Å². The van der Waals surface area contributed by atoms with Crippen molar-refractivity contribution in [1.29, 1.82) is 0 Å². The van der Waals surface area contributed by atoms with Crippen molar-refractivity contribution >= 4 is 19.8 Å². The third-order valence-electron chi connectivity index (χ3n) is 17.0. The summed E-state index contributed by atoms with van der Waals surface area (Å²) in [6, 6.07) is 0. The largest absolute Gasteiger partial charge is 0.472 e. The number of carbonyl (C=O) groups is 2. The van der Waals surface area contributed by atoms with Gasteiger partial charge in [-0.15, -0.1) is 0 Å². The van der Waals surface area contributed by atoms with E-state index < -0.39 is 26.5 Å². The maximum atomic E-state index is 12.9. The quantitative estimate of drug-likeness (QED) is 0.0211. The van der Waals surface area contributed by atoms with Crippen molar-refractivity contribution < 1.29 is 42.1 Å². The molecule has 0 rings (SSSR count). The van der Waals surface area contributed by atoms with Gasteiger partial charge in [-0.3, -0.25) is 18.6 Å². The van der Waals surface area contributed by atoms with Crippen molar-refractivity contribution in [3.05, 3.63) is 122 Å². The van der Waals surface area contributed by atoms with Gasteiger partial charge in [0.05, 0.1) is 27.7 Å². The second kappa shape index (κ2) is 73.7. The van der Waals surface area contributed by atoms with Gasteiger partial charge in [0.15, 0.2) is 6.10 Å². The number of phosphoric ester groups is 1. The highest BCUT2D eigenvalue weighted by Gasteiger charge is 2.27. The topological polar surface area (TPSA) is 108 Å². The van der Waals surface area contributed by atoms with Crippen LogP contribution in [0, 0.1) is 0 Å². The fraction of sp³-hybridized carbons (Fsp3) is 0.738. The molecule has 0 aliphatic rings. The van der Waals surface area contributed by atoms with E-state index >= 15 is 0 Å². The molecule has 2 unspecified atom stereocenters. The normalized spacial score (nSPS) is 13.7. The van der Waals surface area contributed by atoms with E-state index in [4.69, 9.17) is 18.5 Å². The SMILES string of the molecule is CC/C=C\C/C=C\C/C=C\C/C=C\C/C=C\C/C=C\C/C=C\CCCCCCCCCCCC(=O)OC(COC(=O)CCCCCCCCCCCCCCCCCCCCCCCCCC/C=C\C/C=C\C/C=C\CCCCCCC)COP(=O)(O)OCC[N+](C)(C)C. The van der Waals surface area contributed by atoms with Crippen LogP contribution in [0.3, 0.4) is 0 Å². The van der Waals surface area contributed by atoms with Crippen LogP contribution >= 0.6 is 7.82 Å². The summed E-state index contributed by atoms with van der Waals surface area (Å²) in [5, 5.41) is 0. The van der Waals surface area contributed by atoms with E-state index in [1.54, 1.807) is 0 Å². The van der Waals surface area contributed by atoms with Crippen LogP contribution in [0.4, 0.5) is 0 Å². The molecular formula is C84H149NO8P+. The van der Waals surface area contributed by atoms with Crippen LogP contribution < -0.4 is 0 Å². The maximum Gasteiger partial charge on any atom is 0.472 e. The fourth-order valence-electron chi connectivity index (χ4n) is 11.0. The zero-order valence-corrected chi connectivity index (χ0v) is 62.8. The Hall–Kier alpha value is -3.59. The number of allylic oxidation sites excluding steroid dienone is 20. The lowest BCUT2D eigenvalue weighted by Crippen LogP contribution is -2.37. The molecule has 0 aromatic rings. The predicted octanol–water partition coefficient (Wildman–Crippen LogP) is 26.2. The van der Waals surface area contributed by atoms with Gasteiger partial charge in [-0.25, -0.2) is 4.57 Å². The summed E-state index contributed by atoms with van der Waals surface area (Å²) in [6.07, 6.45) is 106. The molecule has 9 nitrogen and oxygen atoms in total. The lowest BCUT2D eigenvalue weighted by Gasteiger charge is -2.24. The number of quaternary nitrogens is 1. The first-order chi connectivity index (χ1) is 46.0. The summed E-state index contributed by atoms with van der Waals surface area (Å²) in [6.45, 7) is 4.33. The Balaban J connectivity index is 3.98. The molecule has 2 atom stereocenters. The van der Waals surface area contributed by atoms with Crippen LogP contribution in [-0.2, 0) is 32.7 Å². The molecule has 0 saturated heterocycles. The number of ether oxygens (including phenoxy) is 2. The first-order valence-electron chi connectivity index (χ1n) is 39.3. The van der Waals surface area contributed by atoms with Gasteiger partial charge in [0.2, 0.25) is 0 Å². The number of hydrogen-bond donors (Lipinski definition) is 1. The van der Waals surface area contributed by atoms with Crippen molar-refractivity contribution in [3.63, 3.8) is 0 Å². The van der Waals surface area contributed by atoms with Gasteiger partial charge in [0.1, 0.15) is 19.8 Å². The standard InChI is InChI=1S/C84H148NO8P/c1-6-8-10-12-14-16-18-20-22-24-26-28-30-32-34-36-38-39-40-41-42-43-44-45-47-48-50-52-54-56-58-60-62-64-66-68-70-72-74-76-83(86)90-80-82(81-92-94(88,89)91-79-78-85(3,4)5)93-84(87)77-75-73-71-69-67-65-63-61-59-57-55-53-51-49-46-37-35-33-31-29-27-25-23-21-19-17-15-13-11-9-7-2/h9,11,15,17-18,20-21,23-24,26-27,29-30,32-33,35,46,49,53,55,82H,6-8,10,12-14,16,19,22,25,28,31,34,36-45,47-48,50-52,54,56-81H2,1-5H3/p+1/b11-9-,17-15-,20-18-,23-21-,26-24-,29-27-,32-30-,35-33-,49-46-,55-53-. The van der Waals surface area contributed by atoms with Gasteiger partial charge in [-0.1, -0.05) is 347 Å². The van der Waals surface area contributed by atoms with E-state index in [1.165, 1.54) is 212 Å². The third kappa shape index (κ3) is 77.4. The molecule has 0 spiro atoms. The molecular weight excluding hydrogens is 1180 g/mol. The van der Waals surface area contributed by atoms with Crippen LogP contribution in [0.15, 0.2) is 122 Å². The zero-order chi connectivity index (χ0) is 68.3. The van der Waals surface area contributed by atoms with Gasteiger partial charge in [0, 0.05) is 12.8 Å².